The number of hydrogen-bond donors (Lipinski definition) is 1. The fourth-order valence-corrected chi connectivity index (χ4v) is 3.39. The number of piperidine rings is 1. The van der Waals surface area contributed by atoms with Crippen molar-refractivity contribution >= 4 is 5.91 Å². The lowest BCUT2D eigenvalue weighted by Gasteiger charge is -2.32. The molecule has 0 saturated carbocycles. The minimum absolute atomic E-state index is 0.0861. The van der Waals surface area contributed by atoms with Crippen molar-refractivity contribution in [2.75, 3.05) is 19.6 Å². The predicted molar refractivity (Wildman–Crippen MR) is 104 cm³/mol. The van der Waals surface area contributed by atoms with Crippen molar-refractivity contribution in [3.63, 3.8) is 0 Å². The first-order chi connectivity index (χ1) is 12.6. The van der Waals surface area contributed by atoms with Gasteiger partial charge in [0.25, 0.3) is 0 Å². The quantitative estimate of drug-likeness (QED) is 0.866. The summed E-state index contributed by atoms with van der Waals surface area (Å²) in [6.45, 7) is 7.03. The molecule has 1 aliphatic rings. The number of rotatable bonds is 6. The zero-order valence-electron chi connectivity index (χ0n) is 15.7. The van der Waals surface area contributed by atoms with Crippen LogP contribution in [0.2, 0.25) is 0 Å². The molecule has 0 aromatic heterocycles. The Morgan fingerprint density at radius 2 is 1.69 bits per heavy atom. The molecule has 26 heavy (non-hydrogen) atoms. The standard InChI is InChI=1S/C22H28N2O2/c1-17-7-6-8-18(2)22(17)26-20-11-13-24(14-12-20)16-21(25)23-15-19-9-4-3-5-10-19/h3-10,20H,11-16H2,1-2H3,(H,23,25). The number of aryl methyl sites for hydroxylation is 2. The molecule has 138 valence electrons. The van der Waals surface area contributed by atoms with Gasteiger partial charge < -0.3 is 10.1 Å². The molecule has 3 rings (SSSR count). The Morgan fingerprint density at radius 1 is 1.04 bits per heavy atom. The van der Waals surface area contributed by atoms with Crippen molar-refractivity contribution in [3.05, 3.63) is 65.2 Å². The Hall–Kier alpha value is -2.33. The highest BCUT2D eigenvalue weighted by molar-refractivity contribution is 5.78. The van der Waals surface area contributed by atoms with E-state index in [1.807, 2.05) is 30.3 Å². The molecule has 2 aromatic carbocycles. The number of para-hydroxylation sites is 1. The van der Waals surface area contributed by atoms with Gasteiger partial charge in [-0.3, -0.25) is 9.69 Å². The zero-order valence-corrected chi connectivity index (χ0v) is 15.7. The lowest BCUT2D eigenvalue weighted by Crippen LogP contribution is -2.43. The zero-order chi connectivity index (χ0) is 18.4. The van der Waals surface area contributed by atoms with Crippen molar-refractivity contribution in [1.29, 1.82) is 0 Å². The summed E-state index contributed by atoms with van der Waals surface area (Å²) >= 11 is 0. The summed E-state index contributed by atoms with van der Waals surface area (Å²) in [5, 5.41) is 3.00. The summed E-state index contributed by atoms with van der Waals surface area (Å²) in [5.74, 6) is 1.11. The van der Waals surface area contributed by atoms with Gasteiger partial charge in [0.05, 0.1) is 6.54 Å². The molecule has 1 saturated heterocycles. The van der Waals surface area contributed by atoms with E-state index < -0.39 is 0 Å². The summed E-state index contributed by atoms with van der Waals surface area (Å²) in [6.07, 6.45) is 2.15. The maximum Gasteiger partial charge on any atom is 0.234 e. The number of hydrogen-bond acceptors (Lipinski definition) is 3. The molecule has 4 nitrogen and oxygen atoms in total. The number of amides is 1. The number of ether oxygens (including phenoxy) is 1. The molecular weight excluding hydrogens is 324 g/mol. The smallest absolute Gasteiger partial charge is 0.234 e. The van der Waals surface area contributed by atoms with E-state index in [0.717, 1.165) is 37.2 Å². The first kappa shape index (κ1) is 18.5. The second-order valence-electron chi connectivity index (χ2n) is 7.08. The number of likely N-dealkylation sites (tertiary alicyclic amines) is 1. The predicted octanol–water partition coefficient (Wildman–Crippen LogP) is 3.46. The Morgan fingerprint density at radius 3 is 2.35 bits per heavy atom. The van der Waals surface area contributed by atoms with E-state index in [-0.39, 0.29) is 12.0 Å². The van der Waals surface area contributed by atoms with Crippen LogP contribution in [0.1, 0.15) is 29.5 Å². The van der Waals surface area contributed by atoms with E-state index in [1.165, 1.54) is 11.1 Å². The van der Waals surface area contributed by atoms with Gasteiger partial charge in [-0.05, 0) is 43.4 Å². The maximum atomic E-state index is 12.2. The highest BCUT2D eigenvalue weighted by Crippen LogP contribution is 2.26. The third-order valence-electron chi connectivity index (χ3n) is 4.93. The van der Waals surface area contributed by atoms with Gasteiger partial charge in [-0.1, -0.05) is 48.5 Å². The lowest BCUT2D eigenvalue weighted by atomic mass is 10.1. The molecule has 1 N–H and O–H groups in total. The average Bonchev–Trinajstić information content (AvgIpc) is 2.65. The summed E-state index contributed by atoms with van der Waals surface area (Å²) in [5.41, 5.74) is 3.50. The number of carbonyl (C=O) groups is 1. The van der Waals surface area contributed by atoms with E-state index in [2.05, 4.69) is 42.3 Å². The minimum Gasteiger partial charge on any atom is -0.490 e. The summed E-state index contributed by atoms with van der Waals surface area (Å²) in [6, 6.07) is 16.3. The molecule has 1 fully saturated rings. The van der Waals surface area contributed by atoms with Gasteiger partial charge in [-0.15, -0.1) is 0 Å². The van der Waals surface area contributed by atoms with Crippen LogP contribution < -0.4 is 10.1 Å². The average molecular weight is 352 g/mol. The Balaban J connectivity index is 1.41. The monoisotopic (exact) mass is 352 g/mol. The molecule has 1 aliphatic heterocycles. The van der Waals surface area contributed by atoms with Crippen LogP contribution in [0, 0.1) is 13.8 Å². The number of nitrogens with zero attached hydrogens (tertiary/aromatic N) is 1. The van der Waals surface area contributed by atoms with Crippen molar-refractivity contribution in [1.82, 2.24) is 10.2 Å². The van der Waals surface area contributed by atoms with Crippen LogP contribution in [0.5, 0.6) is 5.75 Å². The van der Waals surface area contributed by atoms with Crippen LogP contribution in [0.25, 0.3) is 0 Å². The van der Waals surface area contributed by atoms with E-state index in [1.54, 1.807) is 0 Å². The van der Waals surface area contributed by atoms with Gasteiger partial charge in [0, 0.05) is 19.6 Å². The largest absolute Gasteiger partial charge is 0.490 e. The lowest BCUT2D eigenvalue weighted by molar-refractivity contribution is -0.122. The molecule has 0 unspecified atom stereocenters. The van der Waals surface area contributed by atoms with E-state index in [9.17, 15) is 4.79 Å². The van der Waals surface area contributed by atoms with E-state index >= 15 is 0 Å². The van der Waals surface area contributed by atoms with Crippen LogP contribution in [0.4, 0.5) is 0 Å². The Bertz CT molecular complexity index is 702. The maximum absolute atomic E-state index is 12.2. The SMILES string of the molecule is Cc1cccc(C)c1OC1CCN(CC(=O)NCc2ccccc2)CC1. The van der Waals surface area contributed by atoms with Crippen molar-refractivity contribution < 1.29 is 9.53 Å². The van der Waals surface area contributed by atoms with Crippen molar-refractivity contribution in [3.8, 4) is 5.75 Å². The number of nitrogens with one attached hydrogen (secondary N) is 1. The topological polar surface area (TPSA) is 41.6 Å². The summed E-state index contributed by atoms with van der Waals surface area (Å²) in [4.78, 5) is 14.4. The second-order valence-corrected chi connectivity index (χ2v) is 7.08. The van der Waals surface area contributed by atoms with E-state index in [4.69, 9.17) is 4.74 Å². The molecule has 0 bridgehead atoms. The van der Waals surface area contributed by atoms with Crippen LogP contribution in [-0.2, 0) is 11.3 Å². The van der Waals surface area contributed by atoms with Gasteiger partial charge in [0.15, 0.2) is 0 Å². The Labute approximate surface area is 156 Å². The van der Waals surface area contributed by atoms with Gasteiger partial charge in [0.1, 0.15) is 11.9 Å². The fourth-order valence-electron chi connectivity index (χ4n) is 3.39. The molecule has 0 atom stereocenters. The van der Waals surface area contributed by atoms with Crippen LogP contribution in [0.3, 0.4) is 0 Å². The first-order valence-electron chi connectivity index (χ1n) is 9.37. The number of benzene rings is 2. The Kier molecular flexibility index (Phi) is 6.29. The van der Waals surface area contributed by atoms with Crippen molar-refractivity contribution in [2.45, 2.75) is 39.3 Å². The molecule has 0 aliphatic carbocycles. The molecule has 0 spiro atoms. The van der Waals surface area contributed by atoms with E-state index in [0.29, 0.717) is 13.1 Å². The summed E-state index contributed by atoms with van der Waals surface area (Å²) in [7, 11) is 0. The van der Waals surface area contributed by atoms with Gasteiger partial charge in [-0.2, -0.15) is 0 Å². The molecular formula is C22H28N2O2. The first-order valence-corrected chi connectivity index (χ1v) is 9.37. The third-order valence-corrected chi connectivity index (χ3v) is 4.93. The van der Waals surface area contributed by atoms with Gasteiger partial charge >= 0.3 is 0 Å². The van der Waals surface area contributed by atoms with Crippen LogP contribution in [0.15, 0.2) is 48.5 Å². The van der Waals surface area contributed by atoms with Crippen molar-refractivity contribution in [2.24, 2.45) is 0 Å². The molecule has 2 aromatic rings. The second kappa shape index (κ2) is 8.86. The van der Waals surface area contributed by atoms with Crippen LogP contribution >= 0.6 is 0 Å². The van der Waals surface area contributed by atoms with Gasteiger partial charge in [0.2, 0.25) is 5.91 Å². The third kappa shape index (κ3) is 5.09. The highest BCUT2D eigenvalue weighted by atomic mass is 16.5. The fraction of sp³-hybridized carbons (Fsp3) is 0.409. The minimum atomic E-state index is 0.0861. The number of carbonyl (C=O) groups excluding carboxylic acids is 1. The molecule has 1 amide bonds. The summed E-state index contributed by atoms with van der Waals surface area (Å²) < 4.78 is 6.25. The van der Waals surface area contributed by atoms with Gasteiger partial charge in [-0.25, -0.2) is 0 Å². The molecule has 4 heteroatoms. The normalized spacial score (nSPS) is 15.6. The van der Waals surface area contributed by atoms with Crippen LogP contribution in [-0.4, -0.2) is 36.5 Å². The molecule has 1 heterocycles. The molecule has 0 radical (unpaired) electrons. The highest BCUT2D eigenvalue weighted by Gasteiger charge is 2.22.